The highest BCUT2D eigenvalue weighted by Gasteiger charge is 2.25. The summed E-state index contributed by atoms with van der Waals surface area (Å²) < 4.78 is 0. The summed E-state index contributed by atoms with van der Waals surface area (Å²) in [6.07, 6.45) is -1.65. The number of nitriles is 1. The van der Waals surface area contributed by atoms with Crippen LogP contribution in [0, 0.1) is 11.3 Å². The highest BCUT2D eigenvalue weighted by atomic mass is 35.5. The fourth-order valence-corrected chi connectivity index (χ4v) is 1.83. The minimum Gasteiger partial charge on any atom is -0.479 e. The Morgan fingerprint density at radius 1 is 1.42 bits per heavy atom. The molecule has 0 aliphatic heterocycles. The van der Waals surface area contributed by atoms with E-state index in [0.29, 0.717) is 5.56 Å². The Morgan fingerprint density at radius 2 is 2.05 bits per heavy atom. The first-order valence-corrected chi connectivity index (χ1v) is 5.87. The Labute approximate surface area is 115 Å². The lowest BCUT2D eigenvalue weighted by Gasteiger charge is -2.16. The van der Waals surface area contributed by atoms with E-state index in [1.165, 1.54) is 25.1 Å². The Balaban J connectivity index is 3.34. The summed E-state index contributed by atoms with van der Waals surface area (Å²) in [6, 6.07) is 6.32. The molecule has 1 aromatic carbocycles. The lowest BCUT2D eigenvalue weighted by Crippen LogP contribution is -2.15. The van der Waals surface area contributed by atoms with Crippen molar-refractivity contribution in [2.45, 2.75) is 24.8 Å². The molecule has 2 atom stereocenters. The van der Waals surface area contributed by atoms with E-state index in [9.17, 15) is 14.7 Å². The molecule has 1 aromatic rings. The molecule has 0 radical (unpaired) electrons. The number of aliphatic carboxylic acids is 1. The van der Waals surface area contributed by atoms with Crippen molar-refractivity contribution < 1.29 is 19.8 Å². The van der Waals surface area contributed by atoms with Gasteiger partial charge in [-0.1, -0.05) is 18.2 Å². The molecule has 0 saturated heterocycles. The molecule has 0 spiro atoms. The maximum absolute atomic E-state index is 11.3. The van der Waals surface area contributed by atoms with Crippen molar-refractivity contribution in [2.24, 2.45) is 0 Å². The fraction of sp³-hybridized carbons (Fsp3) is 0.308. The van der Waals surface area contributed by atoms with E-state index < -0.39 is 17.5 Å². The fourth-order valence-electron chi connectivity index (χ4n) is 1.65. The molecule has 1 rings (SSSR count). The standard InChI is InChI=1S/C13H12ClNO4/c1-7(16)11(14)10-6-8(4-5-15)2-3-9(10)12(17)13(18)19/h2-3,6,11-12,17H,4H2,1H3,(H,18,19). The van der Waals surface area contributed by atoms with Gasteiger partial charge in [-0.25, -0.2) is 4.79 Å². The third-order valence-electron chi connectivity index (χ3n) is 2.59. The number of carbonyl (C=O) groups excluding carboxylic acids is 1. The predicted molar refractivity (Wildman–Crippen MR) is 67.6 cm³/mol. The van der Waals surface area contributed by atoms with Gasteiger partial charge in [0.15, 0.2) is 11.9 Å². The first kappa shape index (κ1) is 15.2. The second-order valence-electron chi connectivity index (χ2n) is 4.01. The molecular weight excluding hydrogens is 270 g/mol. The van der Waals surface area contributed by atoms with Gasteiger partial charge in [-0.05, 0) is 23.6 Å². The van der Waals surface area contributed by atoms with E-state index in [4.69, 9.17) is 22.0 Å². The van der Waals surface area contributed by atoms with Crippen LogP contribution in [-0.4, -0.2) is 22.0 Å². The normalized spacial score (nSPS) is 13.4. The van der Waals surface area contributed by atoms with Crippen LogP contribution >= 0.6 is 11.6 Å². The van der Waals surface area contributed by atoms with Crippen LogP contribution in [0.4, 0.5) is 0 Å². The van der Waals surface area contributed by atoms with Gasteiger partial charge in [-0.2, -0.15) is 5.26 Å². The van der Waals surface area contributed by atoms with Gasteiger partial charge in [0.2, 0.25) is 0 Å². The molecule has 0 aliphatic carbocycles. The zero-order chi connectivity index (χ0) is 14.6. The van der Waals surface area contributed by atoms with Crippen molar-refractivity contribution in [2.75, 3.05) is 0 Å². The number of halogens is 1. The van der Waals surface area contributed by atoms with Gasteiger partial charge < -0.3 is 10.2 Å². The zero-order valence-corrected chi connectivity index (χ0v) is 10.9. The van der Waals surface area contributed by atoms with Crippen LogP contribution < -0.4 is 0 Å². The Bertz CT molecular complexity index is 550. The van der Waals surface area contributed by atoms with E-state index in [-0.39, 0.29) is 23.3 Å². The number of Topliss-reactive ketones (excluding diaryl/α,β-unsaturated/α-hetero) is 1. The lowest BCUT2D eigenvalue weighted by molar-refractivity contribution is -0.147. The van der Waals surface area contributed by atoms with Crippen molar-refractivity contribution in [3.63, 3.8) is 0 Å². The number of hydrogen-bond acceptors (Lipinski definition) is 4. The Morgan fingerprint density at radius 3 is 2.53 bits per heavy atom. The molecule has 0 aliphatic rings. The summed E-state index contributed by atoms with van der Waals surface area (Å²) in [5.41, 5.74) is 0.881. The maximum Gasteiger partial charge on any atom is 0.337 e. The second kappa shape index (κ2) is 6.32. The minimum absolute atomic E-state index is 0.0596. The predicted octanol–water partition coefficient (Wildman–Crippen LogP) is 1.74. The number of nitrogens with zero attached hydrogens (tertiary/aromatic N) is 1. The average Bonchev–Trinajstić information content (AvgIpc) is 2.37. The van der Waals surface area contributed by atoms with Gasteiger partial charge in [0.25, 0.3) is 0 Å². The van der Waals surface area contributed by atoms with Gasteiger partial charge in [-0.15, -0.1) is 11.6 Å². The van der Waals surface area contributed by atoms with Crippen molar-refractivity contribution in [1.29, 1.82) is 5.26 Å². The van der Waals surface area contributed by atoms with Gasteiger partial charge in [0.1, 0.15) is 5.38 Å². The molecule has 0 saturated carbocycles. The average molecular weight is 282 g/mol. The number of benzene rings is 1. The molecule has 0 amide bonds. The molecule has 19 heavy (non-hydrogen) atoms. The number of rotatable bonds is 5. The summed E-state index contributed by atoms with van der Waals surface area (Å²) in [5, 5.41) is 26.0. The molecule has 0 aromatic heterocycles. The van der Waals surface area contributed by atoms with Gasteiger partial charge in [-0.3, -0.25) is 4.79 Å². The van der Waals surface area contributed by atoms with Crippen LogP contribution in [0.15, 0.2) is 18.2 Å². The Hall–Kier alpha value is -1.90. The molecular formula is C13H12ClNO4. The van der Waals surface area contributed by atoms with E-state index in [0.717, 1.165) is 0 Å². The van der Waals surface area contributed by atoms with Crippen LogP contribution in [0.3, 0.4) is 0 Å². The number of ketones is 1. The molecule has 100 valence electrons. The monoisotopic (exact) mass is 281 g/mol. The number of aliphatic hydroxyl groups excluding tert-OH is 1. The number of carbonyl (C=O) groups is 2. The first-order valence-electron chi connectivity index (χ1n) is 5.43. The molecule has 6 heteroatoms. The highest BCUT2D eigenvalue weighted by Crippen LogP contribution is 2.30. The van der Waals surface area contributed by atoms with Crippen LogP contribution in [0.1, 0.15) is 35.1 Å². The van der Waals surface area contributed by atoms with Gasteiger partial charge >= 0.3 is 5.97 Å². The third kappa shape index (κ3) is 3.53. The summed E-state index contributed by atoms with van der Waals surface area (Å²) in [7, 11) is 0. The quantitative estimate of drug-likeness (QED) is 0.801. The van der Waals surface area contributed by atoms with E-state index >= 15 is 0 Å². The van der Waals surface area contributed by atoms with Crippen molar-refractivity contribution in [1.82, 2.24) is 0 Å². The van der Waals surface area contributed by atoms with Crippen LogP contribution in [0.2, 0.25) is 0 Å². The number of carboxylic acids is 1. The maximum atomic E-state index is 11.3. The molecule has 0 heterocycles. The van der Waals surface area contributed by atoms with Gasteiger partial charge in [0, 0.05) is 0 Å². The van der Waals surface area contributed by atoms with E-state index in [1.807, 2.05) is 6.07 Å². The highest BCUT2D eigenvalue weighted by molar-refractivity contribution is 6.31. The van der Waals surface area contributed by atoms with Crippen LogP contribution in [0.5, 0.6) is 0 Å². The summed E-state index contributed by atoms with van der Waals surface area (Å²) in [4.78, 5) is 22.2. The van der Waals surface area contributed by atoms with Crippen LogP contribution in [0.25, 0.3) is 0 Å². The van der Waals surface area contributed by atoms with E-state index in [1.54, 1.807) is 0 Å². The summed E-state index contributed by atoms with van der Waals surface area (Å²) >= 11 is 5.93. The van der Waals surface area contributed by atoms with E-state index in [2.05, 4.69) is 0 Å². The summed E-state index contributed by atoms with van der Waals surface area (Å²) in [5.74, 6) is -1.80. The molecule has 2 unspecified atom stereocenters. The topological polar surface area (TPSA) is 98.4 Å². The largest absolute Gasteiger partial charge is 0.479 e. The Kier molecular flexibility index (Phi) is 5.04. The van der Waals surface area contributed by atoms with Gasteiger partial charge in [0.05, 0.1) is 12.5 Å². The van der Waals surface area contributed by atoms with Crippen molar-refractivity contribution in [3.05, 3.63) is 34.9 Å². The molecule has 0 fully saturated rings. The zero-order valence-electron chi connectivity index (χ0n) is 10.1. The summed E-state index contributed by atoms with van der Waals surface area (Å²) in [6.45, 7) is 1.27. The first-order chi connectivity index (χ1) is 8.88. The smallest absolute Gasteiger partial charge is 0.337 e. The number of hydrogen-bond donors (Lipinski definition) is 2. The lowest BCUT2D eigenvalue weighted by atomic mass is 9.95. The van der Waals surface area contributed by atoms with Crippen LogP contribution in [-0.2, 0) is 16.0 Å². The number of aliphatic hydroxyl groups is 1. The molecule has 0 bridgehead atoms. The SMILES string of the molecule is CC(=O)C(Cl)c1cc(CC#N)ccc1C(O)C(=O)O. The number of alkyl halides is 1. The minimum atomic E-state index is -1.76. The molecule has 5 nitrogen and oxygen atoms in total. The third-order valence-corrected chi connectivity index (χ3v) is 3.14. The number of carboxylic acid groups (broad SMARTS) is 1. The van der Waals surface area contributed by atoms with Crippen molar-refractivity contribution >= 4 is 23.4 Å². The van der Waals surface area contributed by atoms with Crippen molar-refractivity contribution in [3.8, 4) is 6.07 Å². The second-order valence-corrected chi connectivity index (χ2v) is 4.45. The molecule has 2 N–H and O–H groups in total.